The first kappa shape index (κ1) is 24.0. The average Bonchev–Trinajstić information content (AvgIpc) is 3.08. The highest BCUT2D eigenvalue weighted by atomic mass is 127. The number of carbonyl (C=O) groups is 1. The van der Waals surface area contributed by atoms with E-state index in [4.69, 9.17) is 16.3 Å². The van der Waals surface area contributed by atoms with Crippen molar-refractivity contribution in [2.45, 2.75) is 26.2 Å². The van der Waals surface area contributed by atoms with E-state index in [9.17, 15) is 4.79 Å². The van der Waals surface area contributed by atoms with Crippen molar-refractivity contribution in [2.75, 3.05) is 45.2 Å². The van der Waals surface area contributed by atoms with Gasteiger partial charge in [0.25, 0.3) is 0 Å². The third kappa shape index (κ3) is 8.66. The monoisotopic (exact) mass is 508 g/mol. The number of nitrogens with one attached hydrogen (secondary N) is 2. The number of guanidine groups is 1. The summed E-state index contributed by atoms with van der Waals surface area (Å²) in [5, 5.41) is 6.87. The number of hydrogen-bond donors (Lipinski definition) is 2. The van der Waals surface area contributed by atoms with Crippen LogP contribution in [0.1, 0.15) is 26.2 Å². The molecule has 152 valence electrons. The highest BCUT2D eigenvalue weighted by Gasteiger charge is 2.24. The quantitative estimate of drug-likeness (QED) is 0.244. The Morgan fingerprint density at radius 3 is 2.78 bits per heavy atom. The van der Waals surface area contributed by atoms with Gasteiger partial charge in [-0.3, -0.25) is 9.79 Å². The van der Waals surface area contributed by atoms with Crippen molar-refractivity contribution < 1.29 is 9.53 Å². The van der Waals surface area contributed by atoms with Gasteiger partial charge in [0, 0.05) is 56.3 Å². The second kappa shape index (κ2) is 13.2. The minimum Gasteiger partial charge on any atom is -0.384 e. The van der Waals surface area contributed by atoms with Gasteiger partial charge in [0.2, 0.25) is 5.91 Å². The molecular weight excluding hydrogens is 479 g/mol. The first-order valence-corrected chi connectivity index (χ1v) is 9.57. The molecule has 0 spiro atoms. The zero-order valence-corrected chi connectivity index (χ0v) is 19.1. The Hall–Kier alpha value is -1.06. The van der Waals surface area contributed by atoms with E-state index in [2.05, 4.69) is 27.4 Å². The summed E-state index contributed by atoms with van der Waals surface area (Å²) >= 11 is 5.84. The van der Waals surface area contributed by atoms with Crippen molar-refractivity contribution in [1.82, 2.24) is 10.2 Å². The fraction of sp³-hybridized carbons (Fsp3) is 0.579. The molecule has 2 N–H and O–H groups in total. The molecule has 2 rings (SSSR count). The molecule has 1 fully saturated rings. The molecule has 1 amide bonds. The topological polar surface area (TPSA) is 66.0 Å². The lowest BCUT2D eigenvalue weighted by Gasteiger charge is -2.21. The second-order valence-corrected chi connectivity index (χ2v) is 6.89. The van der Waals surface area contributed by atoms with Crippen LogP contribution in [0.2, 0.25) is 5.02 Å². The third-order valence-corrected chi connectivity index (χ3v) is 4.53. The molecule has 27 heavy (non-hydrogen) atoms. The number of amides is 1. The molecule has 0 radical (unpaired) electrons. The number of anilines is 1. The van der Waals surface area contributed by atoms with E-state index in [1.54, 1.807) is 31.4 Å². The molecule has 1 saturated heterocycles. The molecule has 1 atom stereocenters. The van der Waals surface area contributed by atoms with Crippen molar-refractivity contribution >= 4 is 53.1 Å². The summed E-state index contributed by atoms with van der Waals surface area (Å²) in [4.78, 5) is 19.0. The molecule has 0 aliphatic carbocycles. The Labute approximate surface area is 184 Å². The van der Waals surface area contributed by atoms with Crippen molar-refractivity contribution in [3.8, 4) is 0 Å². The third-order valence-electron chi connectivity index (χ3n) is 4.27. The number of hydrogen-bond acceptors (Lipinski definition) is 3. The summed E-state index contributed by atoms with van der Waals surface area (Å²) in [6.45, 7) is 6.29. The van der Waals surface area contributed by atoms with Crippen LogP contribution >= 0.6 is 35.6 Å². The first-order chi connectivity index (χ1) is 12.6. The minimum absolute atomic E-state index is 0. The number of methoxy groups -OCH3 is 1. The zero-order chi connectivity index (χ0) is 18.8. The van der Waals surface area contributed by atoms with Crippen LogP contribution in [0.15, 0.2) is 29.3 Å². The van der Waals surface area contributed by atoms with Crippen LogP contribution in [0.3, 0.4) is 0 Å². The maximum atomic E-state index is 12.0. The number of rotatable bonds is 8. The lowest BCUT2D eigenvalue weighted by molar-refractivity contribution is -0.116. The van der Waals surface area contributed by atoms with Gasteiger partial charge in [0.15, 0.2) is 5.96 Å². The Bertz CT molecular complexity index is 598. The summed E-state index contributed by atoms with van der Waals surface area (Å²) in [6.07, 6.45) is 2.28. The van der Waals surface area contributed by atoms with E-state index < -0.39 is 0 Å². The Morgan fingerprint density at radius 1 is 1.37 bits per heavy atom. The molecule has 1 aromatic carbocycles. The van der Waals surface area contributed by atoms with Crippen LogP contribution in [0.4, 0.5) is 5.69 Å². The number of halogens is 2. The smallest absolute Gasteiger partial charge is 0.224 e. The Morgan fingerprint density at radius 2 is 2.11 bits per heavy atom. The highest BCUT2D eigenvalue weighted by Crippen LogP contribution is 2.16. The van der Waals surface area contributed by atoms with Gasteiger partial charge < -0.3 is 20.3 Å². The molecule has 8 heteroatoms. The Balaban J connectivity index is 0.00000364. The molecule has 0 aromatic heterocycles. The molecule has 1 aromatic rings. The van der Waals surface area contributed by atoms with E-state index in [0.717, 1.165) is 44.3 Å². The number of carbonyl (C=O) groups excluding carboxylic acids is 1. The van der Waals surface area contributed by atoms with Gasteiger partial charge in [-0.25, -0.2) is 0 Å². The zero-order valence-electron chi connectivity index (χ0n) is 16.0. The standard InChI is InChI=1S/C19H29ClN4O2.HI/c1-3-21-19(24-12-10-15(13-24)14-26-2)22-11-4-5-18(25)23-17-8-6-16(20)7-9-17;/h6-9,15H,3-5,10-14H2,1-2H3,(H,21,22)(H,23,25);1H. The van der Waals surface area contributed by atoms with Crippen LogP contribution < -0.4 is 10.6 Å². The van der Waals surface area contributed by atoms with Gasteiger partial charge in [0.05, 0.1) is 6.61 Å². The van der Waals surface area contributed by atoms with Gasteiger partial charge >= 0.3 is 0 Å². The molecule has 1 unspecified atom stereocenters. The predicted octanol–water partition coefficient (Wildman–Crippen LogP) is 3.61. The molecule has 0 saturated carbocycles. The second-order valence-electron chi connectivity index (χ2n) is 6.45. The molecule has 1 aliphatic heterocycles. The van der Waals surface area contributed by atoms with Crippen LogP contribution in [0, 0.1) is 5.92 Å². The van der Waals surface area contributed by atoms with E-state index >= 15 is 0 Å². The van der Waals surface area contributed by atoms with Gasteiger partial charge in [0.1, 0.15) is 0 Å². The summed E-state index contributed by atoms with van der Waals surface area (Å²) in [7, 11) is 1.75. The number of ether oxygens (including phenoxy) is 1. The molecule has 0 bridgehead atoms. The van der Waals surface area contributed by atoms with Crippen molar-refractivity contribution in [1.29, 1.82) is 0 Å². The largest absolute Gasteiger partial charge is 0.384 e. The van der Waals surface area contributed by atoms with Crippen LogP contribution in [-0.2, 0) is 9.53 Å². The fourth-order valence-electron chi connectivity index (χ4n) is 3.00. The molecule has 6 nitrogen and oxygen atoms in total. The van der Waals surface area contributed by atoms with Crippen molar-refractivity contribution in [3.05, 3.63) is 29.3 Å². The van der Waals surface area contributed by atoms with Crippen molar-refractivity contribution in [2.24, 2.45) is 10.9 Å². The summed E-state index contributed by atoms with van der Waals surface area (Å²) in [5.41, 5.74) is 0.762. The summed E-state index contributed by atoms with van der Waals surface area (Å²) in [6, 6.07) is 7.12. The lowest BCUT2D eigenvalue weighted by Crippen LogP contribution is -2.40. The van der Waals surface area contributed by atoms with E-state index in [-0.39, 0.29) is 29.9 Å². The highest BCUT2D eigenvalue weighted by molar-refractivity contribution is 14.0. The maximum Gasteiger partial charge on any atom is 0.224 e. The normalized spacial score (nSPS) is 16.8. The SMILES string of the molecule is CCNC(=NCCCC(=O)Nc1ccc(Cl)cc1)N1CCC(COC)C1.I. The molecular formula is C19H30ClIN4O2. The van der Waals surface area contributed by atoms with E-state index in [0.29, 0.717) is 30.3 Å². The lowest BCUT2D eigenvalue weighted by atomic mass is 10.1. The molecule has 1 aliphatic rings. The van der Waals surface area contributed by atoms with E-state index in [1.165, 1.54) is 0 Å². The molecule has 1 heterocycles. The maximum absolute atomic E-state index is 12.0. The van der Waals surface area contributed by atoms with Gasteiger partial charge in [-0.1, -0.05) is 11.6 Å². The number of aliphatic imine (C=N–C) groups is 1. The first-order valence-electron chi connectivity index (χ1n) is 9.20. The van der Waals surface area contributed by atoms with Crippen LogP contribution in [0.25, 0.3) is 0 Å². The number of benzene rings is 1. The van der Waals surface area contributed by atoms with Crippen LogP contribution in [-0.4, -0.2) is 56.7 Å². The Kier molecular flexibility index (Phi) is 11.7. The minimum atomic E-state index is -0.00569. The van der Waals surface area contributed by atoms with Gasteiger partial charge in [-0.2, -0.15) is 0 Å². The summed E-state index contributed by atoms with van der Waals surface area (Å²) in [5.74, 6) is 1.49. The number of likely N-dealkylation sites (tertiary alicyclic amines) is 1. The van der Waals surface area contributed by atoms with Crippen LogP contribution in [0.5, 0.6) is 0 Å². The average molecular weight is 509 g/mol. The van der Waals surface area contributed by atoms with Gasteiger partial charge in [-0.05, 0) is 44.0 Å². The predicted molar refractivity (Wildman–Crippen MR) is 122 cm³/mol. The van der Waals surface area contributed by atoms with Gasteiger partial charge in [-0.15, -0.1) is 24.0 Å². The number of nitrogens with zero attached hydrogens (tertiary/aromatic N) is 2. The van der Waals surface area contributed by atoms with E-state index in [1.807, 2.05) is 0 Å². The fourth-order valence-corrected chi connectivity index (χ4v) is 3.13. The van der Waals surface area contributed by atoms with Crippen molar-refractivity contribution in [3.63, 3.8) is 0 Å². The summed E-state index contributed by atoms with van der Waals surface area (Å²) < 4.78 is 5.26.